The highest BCUT2D eigenvalue weighted by Crippen LogP contribution is 2.36. The van der Waals surface area contributed by atoms with E-state index in [4.69, 9.17) is 4.98 Å². The SMILES string of the molecule is CCC(NC(C)C)(c1nc(C(C)C)cs1)C(C)C. The van der Waals surface area contributed by atoms with Gasteiger partial charge >= 0.3 is 0 Å². The molecule has 0 saturated heterocycles. The maximum absolute atomic E-state index is 4.88. The van der Waals surface area contributed by atoms with E-state index in [0.717, 1.165) is 6.42 Å². The van der Waals surface area contributed by atoms with Crippen LogP contribution in [0.25, 0.3) is 0 Å². The van der Waals surface area contributed by atoms with Gasteiger partial charge in [-0.3, -0.25) is 0 Å². The monoisotopic (exact) mass is 268 g/mol. The Morgan fingerprint density at radius 1 is 1.22 bits per heavy atom. The predicted molar refractivity (Wildman–Crippen MR) is 81.3 cm³/mol. The van der Waals surface area contributed by atoms with Crippen LogP contribution in [0, 0.1) is 5.92 Å². The summed E-state index contributed by atoms with van der Waals surface area (Å²) >= 11 is 1.81. The standard InChI is InChI=1S/C15H28N2S/c1-8-15(11(4)5,17-12(6)7)14-16-13(9-18-14)10(2)3/h9-12,17H,8H2,1-7H3. The van der Waals surface area contributed by atoms with Gasteiger partial charge in [-0.05, 0) is 32.1 Å². The lowest BCUT2D eigenvalue weighted by Gasteiger charge is -2.38. The van der Waals surface area contributed by atoms with Crippen molar-refractivity contribution in [3.8, 4) is 0 Å². The summed E-state index contributed by atoms with van der Waals surface area (Å²) in [6.07, 6.45) is 1.08. The Kier molecular flexibility index (Phi) is 5.35. The number of nitrogens with zero attached hydrogens (tertiary/aromatic N) is 1. The van der Waals surface area contributed by atoms with Crippen molar-refractivity contribution in [2.75, 3.05) is 0 Å². The van der Waals surface area contributed by atoms with Crippen LogP contribution < -0.4 is 5.32 Å². The Hall–Kier alpha value is -0.410. The van der Waals surface area contributed by atoms with Gasteiger partial charge in [-0.1, -0.05) is 34.6 Å². The fourth-order valence-corrected chi connectivity index (χ4v) is 3.77. The van der Waals surface area contributed by atoms with Gasteiger partial charge in [0, 0.05) is 11.4 Å². The van der Waals surface area contributed by atoms with Crippen molar-refractivity contribution in [1.82, 2.24) is 10.3 Å². The summed E-state index contributed by atoms with van der Waals surface area (Å²) in [7, 11) is 0. The predicted octanol–water partition coefficient (Wildman–Crippen LogP) is 4.53. The Balaban J connectivity index is 3.15. The summed E-state index contributed by atoms with van der Waals surface area (Å²) in [4.78, 5) is 4.88. The minimum absolute atomic E-state index is 0.0198. The molecule has 0 aliphatic carbocycles. The molecular formula is C15H28N2S. The Bertz CT molecular complexity index is 368. The summed E-state index contributed by atoms with van der Waals surface area (Å²) in [5, 5.41) is 7.22. The quantitative estimate of drug-likeness (QED) is 0.820. The number of rotatable bonds is 6. The zero-order chi connectivity index (χ0) is 13.9. The molecule has 2 nitrogen and oxygen atoms in total. The third-order valence-corrected chi connectivity index (χ3v) is 4.62. The molecule has 0 aliphatic rings. The van der Waals surface area contributed by atoms with E-state index in [1.807, 2.05) is 0 Å². The van der Waals surface area contributed by atoms with Gasteiger partial charge in [0.25, 0.3) is 0 Å². The molecule has 0 fully saturated rings. The van der Waals surface area contributed by atoms with Crippen molar-refractivity contribution in [2.45, 2.75) is 72.4 Å². The molecule has 1 rings (SSSR count). The van der Waals surface area contributed by atoms with Gasteiger partial charge in [0.05, 0.1) is 11.2 Å². The van der Waals surface area contributed by atoms with E-state index in [-0.39, 0.29) is 5.54 Å². The molecule has 3 heteroatoms. The van der Waals surface area contributed by atoms with Gasteiger partial charge in [-0.25, -0.2) is 4.98 Å². The van der Waals surface area contributed by atoms with Crippen molar-refractivity contribution in [3.05, 3.63) is 16.1 Å². The molecule has 1 atom stereocenters. The van der Waals surface area contributed by atoms with Crippen LogP contribution >= 0.6 is 11.3 Å². The van der Waals surface area contributed by atoms with Crippen molar-refractivity contribution in [2.24, 2.45) is 5.92 Å². The molecule has 1 unspecified atom stereocenters. The summed E-state index contributed by atoms with van der Waals surface area (Å²) < 4.78 is 0. The maximum atomic E-state index is 4.88. The van der Waals surface area contributed by atoms with Crippen LogP contribution in [0.5, 0.6) is 0 Å². The molecule has 0 aromatic carbocycles. The van der Waals surface area contributed by atoms with Gasteiger partial charge in [-0.2, -0.15) is 0 Å². The average molecular weight is 268 g/mol. The van der Waals surface area contributed by atoms with E-state index >= 15 is 0 Å². The summed E-state index contributed by atoms with van der Waals surface area (Å²) in [5.74, 6) is 1.05. The van der Waals surface area contributed by atoms with Crippen molar-refractivity contribution in [3.63, 3.8) is 0 Å². The molecule has 0 saturated carbocycles. The highest BCUT2D eigenvalue weighted by molar-refractivity contribution is 7.09. The average Bonchev–Trinajstić information content (AvgIpc) is 2.74. The summed E-state index contributed by atoms with van der Waals surface area (Å²) in [6.45, 7) is 15.7. The Morgan fingerprint density at radius 3 is 2.17 bits per heavy atom. The summed E-state index contributed by atoms with van der Waals surface area (Å²) in [5.41, 5.74) is 1.24. The van der Waals surface area contributed by atoms with E-state index in [1.54, 1.807) is 11.3 Å². The number of aromatic nitrogens is 1. The van der Waals surface area contributed by atoms with E-state index in [0.29, 0.717) is 17.9 Å². The smallest absolute Gasteiger partial charge is 0.113 e. The van der Waals surface area contributed by atoms with Crippen LogP contribution in [-0.2, 0) is 5.54 Å². The van der Waals surface area contributed by atoms with Crippen molar-refractivity contribution >= 4 is 11.3 Å². The minimum Gasteiger partial charge on any atom is -0.303 e. The first kappa shape index (κ1) is 15.6. The minimum atomic E-state index is 0.0198. The molecular weight excluding hydrogens is 240 g/mol. The largest absolute Gasteiger partial charge is 0.303 e. The number of thiazole rings is 1. The zero-order valence-corrected chi connectivity index (χ0v) is 13.7. The molecule has 1 N–H and O–H groups in total. The van der Waals surface area contributed by atoms with Crippen LogP contribution in [0.3, 0.4) is 0 Å². The van der Waals surface area contributed by atoms with Crippen LogP contribution in [0.1, 0.15) is 71.5 Å². The van der Waals surface area contributed by atoms with E-state index < -0.39 is 0 Å². The Morgan fingerprint density at radius 2 is 1.83 bits per heavy atom. The normalized spacial score (nSPS) is 15.7. The van der Waals surface area contributed by atoms with E-state index in [9.17, 15) is 0 Å². The molecule has 0 spiro atoms. The second-order valence-corrected chi connectivity index (χ2v) is 6.87. The van der Waals surface area contributed by atoms with Crippen LogP contribution in [0.2, 0.25) is 0 Å². The number of nitrogens with one attached hydrogen (secondary N) is 1. The molecule has 1 aromatic heterocycles. The van der Waals surface area contributed by atoms with Crippen molar-refractivity contribution in [1.29, 1.82) is 0 Å². The first-order chi connectivity index (χ1) is 8.33. The van der Waals surface area contributed by atoms with E-state index in [2.05, 4.69) is 59.2 Å². The van der Waals surface area contributed by atoms with Crippen LogP contribution in [0.15, 0.2) is 5.38 Å². The highest BCUT2D eigenvalue weighted by Gasteiger charge is 2.37. The fourth-order valence-electron chi connectivity index (χ4n) is 2.41. The van der Waals surface area contributed by atoms with Crippen LogP contribution in [-0.4, -0.2) is 11.0 Å². The van der Waals surface area contributed by atoms with Crippen LogP contribution in [0.4, 0.5) is 0 Å². The first-order valence-corrected chi connectivity index (χ1v) is 7.95. The fraction of sp³-hybridized carbons (Fsp3) is 0.800. The Labute approximate surface area is 116 Å². The van der Waals surface area contributed by atoms with Gasteiger partial charge < -0.3 is 5.32 Å². The molecule has 0 bridgehead atoms. The van der Waals surface area contributed by atoms with Gasteiger partial charge in [0.1, 0.15) is 5.01 Å². The van der Waals surface area contributed by atoms with Gasteiger partial charge in [0.2, 0.25) is 0 Å². The molecule has 1 aromatic rings. The lowest BCUT2D eigenvalue weighted by Crippen LogP contribution is -2.49. The number of hydrogen-bond donors (Lipinski definition) is 1. The molecule has 104 valence electrons. The van der Waals surface area contributed by atoms with E-state index in [1.165, 1.54) is 10.7 Å². The molecule has 0 radical (unpaired) electrons. The summed E-state index contributed by atoms with van der Waals surface area (Å²) in [6, 6.07) is 0.471. The maximum Gasteiger partial charge on any atom is 0.113 e. The molecule has 0 aliphatic heterocycles. The van der Waals surface area contributed by atoms with Gasteiger partial charge in [-0.15, -0.1) is 11.3 Å². The van der Waals surface area contributed by atoms with Gasteiger partial charge in [0.15, 0.2) is 0 Å². The molecule has 18 heavy (non-hydrogen) atoms. The molecule has 1 heterocycles. The highest BCUT2D eigenvalue weighted by atomic mass is 32.1. The van der Waals surface area contributed by atoms with Crippen molar-refractivity contribution < 1.29 is 0 Å². The molecule has 0 amide bonds. The third-order valence-electron chi connectivity index (χ3n) is 3.58. The first-order valence-electron chi connectivity index (χ1n) is 7.07. The third kappa shape index (κ3) is 3.12. The lowest BCUT2D eigenvalue weighted by atomic mass is 9.83. The number of hydrogen-bond acceptors (Lipinski definition) is 3. The topological polar surface area (TPSA) is 24.9 Å². The lowest BCUT2D eigenvalue weighted by molar-refractivity contribution is 0.210. The second-order valence-electron chi connectivity index (χ2n) is 6.01. The zero-order valence-electron chi connectivity index (χ0n) is 12.9. The second kappa shape index (κ2) is 6.16.